The van der Waals surface area contributed by atoms with Gasteiger partial charge in [0.15, 0.2) is 0 Å². The molecule has 84 valence electrons. The van der Waals surface area contributed by atoms with Crippen molar-refractivity contribution in [1.82, 2.24) is 5.32 Å². The Bertz CT molecular complexity index is 277. The van der Waals surface area contributed by atoms with Crippen LogP contribution in [-0.2, 0) is 9.59 Å². The van der Waals surface area contributed by atoms with Crippen LogP contribution in [0.5, 0.6) is 0 Å². The van der Waals surface area contributed by atoms with Crippen molar-refractivity contribution in [1.29, 1.82) is 0 Å². The zero-order valence-electron chi connectivity index (χ0n) is 9.45. The standard InChI is InChI=1S/C12H19NO2/c1-7(2)11(14)10(8-3-4-8)12(15)13-9-5-6-9/h7-10H,3-6H2,1-2H3,(H,13,15). The van der Waals surface area contributed by atoms with Gasteiger partial charge in [0.2, 0.25) is 5.91 Å². The van der Waals surface area contributed by atoms with E-state index in [2.05, 4.69) is 5.32 Å². The number of hydrogen-bond acceptors (Lipinski definition) is 2. The van der Waals surface area contributed by atoms with Crippen molar-refractivity contribution < 1.29 is 9.59 Å². The minimum Gasteiger partial charge on any atom is -0.353 e. The highest BCUT2D eigenvalue weighted by Gasteiger charge is 2.42. The molecular weight excluding hydrogens is 190 g/mol. The third-order valence-electron chi connectivity index (χ3n) is 3.18. The molecule has 2 aliphatic rings. The van der Waals surface area contributed by atoms with Gasteiger partial charge in [-0.1, -0.05) is 13.8 Å². The molecule has 1 N–H and O–H groups in total. The Morgan fingerprint density at radius 3 is 2.13 bits per heavy atom. The third-order valence-corrected chi connectivity index (χ3v) is 3.18. The van der Waals surface area contributed by atoms with Crippen LogP contribution in [0.25, 0.3) is 0 Å². The van der Waals surface area contributed by atoms with Crippen molar-refractivity contribution in [2.75, 3.05) is 0 Å². The number of hydrogen-bond donors (Lipinski definition) is 1. The number of rotatable bonds is 5. The van der Waals surface area contributed by atoms with Gasteiger partial charge >= 0.3 is 0 Å². The maximum atomic E-state index is 11.9. The first-order valence-electron chi connectivity index (χ1n) is 5.93. The van der Waals surface area contributed by atoms with Crippen molar-refractivity contribution in [2.24, 2.45) is 17.8 Å². The largest absolute Gasteiger partial charge is 0.353 e. The van der Waals surface area contributed by atoms with Crippen molar-refractivity contribution >= 4 is 11.7 Å². The molecule has 0 aromatic heterocycles. The number of nitrogens with one attached hydrogen (secondary N) is 1. The highest BCUT2D eigenvalue weighted by Crippen LogP contribution is 2.39. The molecule has 2 aliphatic carbocycles. The minimum absolute atomic E-state index is 0.0151. The number of ketones is 1. The summed E-state index contributed by atoms with van der Waals surface area (Å²) in [4.78, 5) is 23.8. The molecule has 2 fully saturated rings. The van der Waals surface area contributed by atoms with Crippen molar-refractivity contribution in [3.63, 3.8) is 0 Å². The maximum Gasteiger partial charge on any atom is 0.231 e. The van der Waals surface area contributed by atoms with E-state index in [1.165, 1.54) is 0 Å². The zero-order chi connectivity index (χ0) is 11.0. The highest BCUT2D eigenvalue weighted by molar-refractivity contribution is 6.02. The maximum absolute atomic E-state index is 11.9. The van der Waals surface area contributed by atoms with E-state index >= 15 is 0 Å². The zero-order valence-corrected chi connectivity index (χ0v) is 9.45. The minimum atomic E-state index is -0.356. The summed E-state index contributed by atoms with van der Waals surface area (Å²) in [7, 11) is 0. The van der Waals surface area contributed by atoms with Gasteiger partial charge in [-0.25, -0.2) is 0 Å². The average Bonchev–Trinajstić information content (AvgIpc) is 2.95. The molecule has 3 heteroatoms. The molecule has 0 aromatic rings. The first kappa shape index (κ1) is 10.7. The molecule has 3 nitrogen and oxygen atoms in total. The van der Waals surface area contributed by atoms with E-state index in [0.717, 1.165) is 25.7 Å². The molecule has 0 aliphatic heterocycles. The van der Waals surface area contributed by atoms with Gasteiger partial charge in [0.1, 0.15) is 5.78 Å². The van der Waals surface area contributed by atoms with E-state index in [-0.39, 0.29) is 23.5 Å². The molecule has 0 spiro atoms. The second-order valence-electron chi connectivity index (χ2n) is 5.16. The SMILES string of the molecule is CC(C)C(=O)C(C(=O)NC1CC1)C1CC1. The van der Waals surface area contributed by atoms with Crippen LogP contribution >= 0.6 is 0 Å². The Kier molecular flexibility index (Phi) is 2.81. The van der Waals surface area contributed by atoms with Crippen LogP contribution in [0, 0.1) is 17.8 Å². The summed E-state index contributed by atoms with van der Waals surface area (Å²) in [5.41, 5.74) is 0. The summed E-state index contributed by atoms with van der Waals surface area (Å²) in [5, 5.41) is 2.95. The van der Waals surface area contributed by atoms with Crippen LogP contribution in [0.15, 0.2) is 0 Å². The van der Waals surface area contributed by atoms with Crippen molar-refractivity contribution in [3.8, 4) is 0 Å². The van der Waals surface area contributed by atoms with Gasteiger partial charge in [0, 0.05) is 12.0 Å². The molecule has 1 unspecified atom stereocenters. The predicted molar refractivity (Wildman–Crippen MR) is 57.2 cm³/mol. The Labute approximate surface area is 90.6 Å². The van der Waals surface area contributed by atoms with Crippen LogP contribution in [0.4, 0.5) is 0 Å². The van der Waals surface area contributed by atoms with Crippen LogP contribution in [0.1, 0.15) is 39.5 Å². The summed E-state index contributed by atoms with van der Waals surface area (Å²) in [5.74, 6) is 0.0548. The summed E-state index contributed by atoms with van der Waals surface area (Å²) in [6.07, 6.45) is 4.25. The summed E-state index contributed by atoms with van der Waals surface area (Å²) >= 11 is 0. The van der Waals surface area contributed by atoms with Gasteiger partial charge in [0.05, 0.1) is 5.92 Å². The topological polar surface area (TPSA) is 46.2 Å². The van der Waals surface area contributed by atoms with Crippen LogP contribution in [-0.4, -0.2) is 17.7 Å². The van der Waals surface area contributed by atoms with Crippen molar-refractivity contribution in [2.45, 2.75) is 45.6 Å². The van der Waals surface area contributed by atoms with Gasteiger partial charge in [-0.2, -0.15) is 0 Å². The Balaban J connectivity index is 1.97. The van der Waals surface area contributed by atoms with Crippen molar-refractivity contribution in [3.05, 3.63) is 0 Å². The fraction of sp³-hybridized carbons (Fsp3) is 0.833. The summed E-state index contributed by atoms with van der Waals surface area (Å²) in [6, 6.07) is 0.360. The second kappa shape index (κ2) is 3.95. The Hall–Kier alpha value is -0.860. The van der Waals surface area contributed by atoms with E-state index in [1.807, 2.05) is 13.8 Å². The fourth-order valence-corrected chi connectivity index (χ4v) is 1.88. The lowest BCUT2D eigenvalue weighted by atomic mass is 9.90. The highest BCUT2D eigenvalue weighted by atomic mass is 16.2. The Morgan fingerprint density at radius 2 is 1.73 bits per heavy atom. The number of amides is 1. The molecule has 1 amide bonds. The van der Waals surface area contributed by atoms with Crippen LogP contribution < -0.4 is 5.32 Å². The number of Topliss-reactive ketones (excluding diaryl/α,β-unsaturated/α-hetero) is 1. The first-order valence-corrected chi connectivity index (χ1v) is 5.93. The van der Waals surface area contributed by atoms with E-state index in [4.69, 9.17) is 0 Å². The molecule has 0 heterocycles. The third kappa shape index (κ3) is 2.58. The Morgan fingerprint density at radius 1 is 1.13 bits per heavy atom. The fourth-order valence-electron chi connectivity index (χ4n) is 1.88. The number of carbonyl (C=O) groups is 2. The van der Waals surface area contributed by atoms with Gasteiger partial charge in [0.25, 0.3) is 0 Å². The molecule has 0 radical (unpaired) electrons. The predicted octanol–water partition coefficient (Wildman–Crippen LogP) is 1.52. The number of carbonyl (C=O) groups excluding carboxylic acids is 2. The molecule has 2 saturated carbocycles. The lowest BCUT2D eigenvalue weighted by molar-refractivity contribution is -0.136. The quantitative estimate of drug-likeness (QED) is 0.698. The first-order chi connectivity index (χ1) is 7.09. The summed E-state index contributed by atoms with van der Waals surface area (Å²) < 4.78 is 0. The molecule has 0 aromatic carbocycles. The van der Waals surface area contributed by atoms with Crippen LogP contribution in [0.2, 0.25) is 0 Å². The molecule has 1 atom stereocenters. The second-order valence-corrected chi connectivity index (χ2v) is 5.16. The van der Waals surface area contributed by atoms with Gasteiger partial charge < -0.3 is 5.32 Å². The van der Waals surface area contributed by atoms with E-state index < -0.39 is 0 Å². The average molecular weight is 209 g/mol. The molecule has 0 bridgehead atoms. The molecule has 0 saturated heterocycles. The molecular formula is C12H19NO2. The smallest absolute Gasteiger partial charge is 0.231 e. The van der Waals surface area contributed by atoms with E-state index in [9.17, 15) is 9.59 Å². The van der Waals surface area contributed by atoms with Gasteiger partial charge in [-0.05, 0) is 31.6 Å². The lowest BCUT2D eigenvalue weighted by Gasteiger charge is -2.16. The monoisotopic (exact) mass is 209 g/mol. The van der Waals surface area contributed by atoms with E-state index in [1.54, 1.807) is 0 Å². The van der Waals surface area contributed by atoms with Gasteiger partial charge in [-0.3, -0.25) is 9.59 Å². The normalized spacial score (nSPS) is 22.6. The van der Waals surface area contributed by atoms with Crippen LogP contribution in [0.3, 0.4) is 0 Å². The molecule has 2 rings (SSSR count). The van der Waals surface area contributed by atoms with Gasteiger partial charge in [-0.15, -0.1) is 0 Å². The summed E-state index contributed by atoms with van der Waals surface area (Å²) in [6.45, 7) is 3.75. The van der Waals surface area contributed by atoms with E-state index in [0.29, 0.717) is 12.0 Å². The lowest BCUT2D eigenvalue weighted by Crippen LogP contribution is -2.39. The molecule has 15 heavy (non-hydrogen) atoms.